The summed E-state index contributed by atoms with van der Waals surface area (Å²) in [5.41, 5.74) is 7.48. The standard InChI is InChI=1S/C23H28N2O/c1-5-21(24-6-2)20(19-9-7-8-16(3)17(19)4)14-18-10-11-22-23(15-18)26-13-12-25-22/h5-11,15,20,25H,12-14H2,1-4H3/b21-5-,24-6?. The lowest BCUT2D eigenvalue weighted by molar-refractivity contribution is 0.323. The molecule has 1 heterocycles. The Morgan fingerprint density at radius 1 is 1.23 bits per heavy atom. The molecule has 0 aliphatic carbocycles. The molecule has 0 bridgehead atoms. The van der Waals surface area contributed by atoms with Crippen LogP contribution in [0, 0.1) is 13.8 Å². The number of rotatable bonds is 5. The number of nitrogens with zero attached hydrogens (tertiary/aromatic N) is 1. The van der Waals surface area contributed by atoms with Crippen LogP contribution in [0.3, 0.4) is 0 Å². The van der Waals surface area contributed by atoms with E-state index in [1.165, 1.54) is 22.3 Å². The molecule has 2 aromatic rings. The first-order valence-corrected chi connectivity index (χ1v) is 9.34. The van der Waals surface area contributed by atoms with Gasteiger partial charge >= 0.3 is 0 Å². The van der Waals surface area contributed by atoms with Gasteiger partial charge in [0.15, 0.2) is 0 Å². The Morgan fingerprint density at radius 3 is 2.85 bits per heavy atom. The average Bonchev–Trinajstić information content (AvgIpc) is 2.67. The van der Waals surface area contributed by atoms with Crippen LogP contribution >= 0.6 is 0 Å². The normalized spacial score (nSPS) is 15.3. The van der Waals surface area contributed by atoms with Crippen LogP contribution in [0.25, 0.3) is 0 Å². The SMILES string of the molecule is CC=N/C(=C\C)C(Cc1ccc2c(c1)OCCN2)c1cccc(C)c1C. The first-order chi connectivity index (χ1) is 12.6. The molecule has 0 saturated heterocycles. The van der Waals surface area contributed by atoms with Crippen molar-refractivity contribution in [3.63, 3.8) is 0 Å². The Bertz CT molecular complexity index is 836. The third kappa shape index (κ3) is 3.82. The molecular formula is C23H28N2O. The minimum absolute atomic E-state index is 0.227. The molecular weight excluding hydrogens is 320 g/mol. The van der Waals surface area contributed by atoms with Crippen molar-refractivity contribution in [2.75, 3.05) is 18.5 Å². The van der Waals surface area contributed by atoms with Gasteiger partial charge in [0.1, 0.15) is 12.4 Å². The van der Waals surface area contributed by atoms with Gasteiger partial charge in [0.25, 0.3) is 0 Å². The molecule has 1 aliphatic rings. The Balaban J connectivity index is 2.00. The Morgan fingerprint density at radius 2 is 2.08 bits per heavy atom. The highest BCUT2D eigenvalue weighted by molar-refractivity contribution is 5.60. The second-order valence-electron chi connectivity index (χ2n) is 6.75. The lowest BCUT2D eigenvalue weighted by Crippen LogP contribution is -2.18. The van der Waals surface area contributed by atoms with Gasteiger partial charge in [-0.2, -0.15) is 0 Å². The van der Waals surface area contributed by atoms with Gasteiger partial charge < -0.3 is 10.1 Å². The smallest absolute Gasteiger partial charge is 0.142 e. The van der Waals surface area contributed by atoms with Crippen molar-refractivity contribution < 1.29 is 4.74 Å². The Labute approximate surface area is 156 Å². The van der Waals surface area contributed by atoms with Crippen molar-refractivity contribution in [2.45, 2.75) is 40.0 Å². The van der Waals surface area contributed by atoms with E-state index >= 15 is 0 Å². The molecule has 3 nitrogen and oxygen atoms in total. The maximum atomic E-state index is 5.82. The van der Waals surface area contributed by atoms with Crippen molar-refractivity contribution in [1.82, 2.24) is 0 Å². The second-order valence-corrected chi connectivity index (χ2v) is 6.75. The van der Waals surface area contributed by atoms with Crippen molar-refractivity contribution in [2.24, 2.45) is 4.99 Å². The first kappa shape index (κ1) is 18.2. The maximum Gasteiger partial charge on any atom is 0.142 e. The van der Waals surface area contributed by atoms with E-state index < -0.39 is 0 Å². The van der Waals surface area contributed by atoms with E-state index in [1.807, 2.05) is 13.1 Å². The number of aliphatic imine (C=N–C) groups is 1. The van der Waals surface area contributed by atoms with Crippen LogP contribution in [-0.4, -0.2) is 19.4 Å². The molecule has 0 saturated carbocycles. The first-order valence-electron chi connectivity index (χ1n) is 9.34. The summed E-state index contributed by atoms with van der Waals surface area (Å²) in [6.07, 6.45) is 4.91. The maximum absolute atomic E-state index is 5.82. The topological polar surface area (TPSA) is 33.6 Å². The Kier molecular flexibility index (Phi) is 5.77. The van der Waals surface area contributed by atoms with Crippen LogP contribution in [0.2, 0.25) is 0 Å². The zero-order chi connectivity index (χ0) is 18.5. The molecule has 1 aliphatic heterocycles. The predicted octanol–water partition coefficient (Wildman–Crippen LogP) is 5.43. The summed E-state index contributed by atoms with van der Waals surface area (Å²) in [4.78, 5) is 4.67. The minimum Gasteiger partial charge on any atom is -0.490 e. The van der Waals surface area contributed by atoms with Crippen LogP contribution in [0.1, 0.15) is 42.0 Å². The highest BCUT2D eigenvalue weighted by Crippen LogP contribution is 2.35. The summed E-state index contributed by atoms with van der Waals surface area (Å²) < 4.78 is 5.82. The van der Waals surface area contributed by atoms with E-state index in [0.29, 0.717) is 0 Å². The van der Waals surface area contributed by atoms with E-state index in [4.69, 9.17) is 4.74 Å². The molecule has 3 heteroatoms. The summed E-state index contributed by atoms with van der Waals surface area (Å²) in [6.45, 7) is 10.0. The number of nitrogens with one attached hydrogen (secondary N) is 1. The fourth-order valence-electron chi connectivity index (χ4n) is 3.58. The highest BCUT2D eigenvalue weighted by Gasteiger charge is 2.20. The molecule has 0 amide bonds. The van der Waals surface area contributed by atoms with Gasteiger partial charge in [-0.05, 0) is 68.5 Å². The minimum atomic E-state index is 0.227. The number of ether oxygens (including phenoxy) is 1. The van der Waals surface area contributed by atoms with Gasteiger partial charge in [0, 0.05) is 24.4 Å². The highest BCUT2D eigenvalue weighted by atomic mass is 16.5. The largest absolute Gasteiger partial charge is 0.490 e. The van der Waals surface area contributed by atoms with Crippen LogP contribution in [0.4, 0.5) is 5.69 Å². The van der Waals surface area contributed by atoms with E-state index in [-0.39, 0.29) is 5.92 Å². The van der Waals surface area contributed by atoms with Gasteiger partial charge in [-0.3, -0.25) is 4.99 Å². The average molecular weight is 348 g/mol. The zero-order valence-electron chi connectivity index (χ0n) is 16.2. The van der Waals surface area contributed by atoms with Gasteiger partial charge in [-0.25, -0.2) is 0 Å². The fraction of sp³-hybridized carbons (Fsp3) is 0.348. The summed E-state index contributed by atoms with van der Waals surface area (Å²) in [5, 5.41) is 3.39. The predicted molar refractivity (Wildman–Crippen MR) is 111 cm³/mol. The third-order valence-electron chi connectivity index (χ3n) is 5.11. The number of allylic oxidation sites excluding steroid dienone is 2. The molecule has 0 aromatic heterocycles. The van der Waals surface area contributed by atoms with Gasteiger partial charge in [-0.15, -0.1) is 0 Å². The molecule has 1 atom stereocenters. The second kappa shape index (κ2) is 8.22. The van der Waals surface area contributed by atoms with Gasteiger partial charge in [-0.1, -0.05) is 30.3 Å². The number of aryl methyl sites for hydroxylation is 1. The van der Waals surface area contributed by atoms with Crippen molar-refractivity contribution in [3.8, 4) is 5.75 Å². The molecule has 3 rings (SSSR count). The molecule has 0 spiro atoms. The molecule has 1 unspecified atom stereocenters. The van der Waals surface area contributed by atoms with Gasteiger partial charge in [0.2, 0.25) is 0 Å². The van der Waals surface area contributed by atoms with Crippen LogP contribution in [0.5, 0.6) is 5.75 Å². The third-order valence-corrected chi connectivity index (χ3v) is 5.11. The van der Waals surface area contributed by atoms with E-state index in [2.05, 4.69) is 73.6 Å². The lowest BCUT2D eigenvalue weighted by Gasteiger charge is -2.23. The summed E-state index contributed by atoms with van der Waals surface area (Å²) >= 11 is 0. The number of hydrogen-bond acceptors (Lipinski definition) is 3. The van der Waals surface area contributed by atoms with Crippen LogP contribution in [0.15, 0.2) is 53.2 Å². The summed E-state index contributed by atoms with van der Waals surface area (Å²) in [5.74, 6) is 1.18. The Hall–Kier alpha value is -2.55. The number of fused-ring (bicyclic) bond motifs is 1. The fourth-order valence-corrected chi connectivity index (χ4v) is 3.58. The van der Waals surface area contributed by atoms with E-state index in [9.17, 15) is 0 Å². The van der Waals surface area contributed by atoms with Crippen molar-refractivity contribution in [3.05, 3.63) is 70.4 Å². The van der Waals surface area contributed by atoms with Crippen molar-refractivity contribution >= 4 is 11.9 Å². The molecule has 1 N–H and O–H groups in total. The number of benzene rings is 2. The molecule has 2 aromatic carbocycles. The molecule has 26 heavy (non-hydrogen) atoms. The van der Waals surface area contributed by atoms with Crippen LogP contribution < -0.4 is 10.1 Å². The monoisotopic (exact) mass is 348 g/mol. The van der Waals surface area contributed by atoms with Gasteiger partial charge in [0.05, 0.1) is 5.69 Å². The zero-order valence-corrected chi connectivity index (χ0v) is 16.2. The van der Waals surface area contributed by atoms with E-state index in [0.717, 1.165) is 36.7 Å². The summed E-state index contributed by atoms with van der Waals surface area (Å²) in [6, 6.07) is 13.0. The molecule has 0 fully saturated rings. The molecule has 136 valence electrons. The van der Waals surface area contributed by atoms with E-state index in [1.54, 1.807) is 0 Å². The van der Waals surface area contributed by atoms with Crippen molar-refractivity contribution in [1.29, 1.82) is 0 Å². The van der Waals surface area contributed by atoms with Crippen LogP contribution in [-0.2, 0) is 6.42 Å². The number of anilines is 1. The summed E-state index contributed by atoms with van der Waals surface area (Å²) in [7, 11) is 0. The quantitative estimate of drug-likeness (QED) is 0.731. The lowest BCUT2D eigenvalue weighted by atomic mass is 9.85. The molecule has 0 radical (unpaired) electrons. The number of hydrogen-bond donors (Lipinski definition) is 1.